The number of carbonyl (C=O) groups is 2. The van der Waals surface area contributed by atoms with Crippen LogP contribution in [0.3, 0.4) is 0 Å². The van der Waals surface area contributed by atoms with Gasteiger partial charge < -0.3 is 15.4 Å². The first-order valence-electron chi connectivity index (χ1n) is 10.9. The van der Waals surface area contributed by atoms with E-state index in [1.165, 1.54) is 0 Å². The van der Waals surface area contributed by atoms with Gasteiger partial charge in [-0.1, -0.05) is 48.5 Å². The fourth-order valence-electron chi connectivity index (χ4n) is 3.77. The third-order valence-electron chi connectivity index (χ3n) is 5.30. The summed E-state index contributed by atoms with van der Waals surface area (Å²) in [6.07, 6.45) is 2.02. The van der Waals surface area contributed by atoms with E-state index in [2.05, 4.69) is 10.6 Å². The van der Waals surface area contributed by atoms with Gasteiger partial charge in [0.25, 0.3) is 0 Å². The molecule has 1 aliphatic heterocycles. The van der Waals surface area contributed by atoms with Crippen LogP contribution in [-0.4, -0.2) is 53.4 Å². The normalized spacial score (nSPS) is 13.6. The Hall–Kier alpha value is -3.91. The van der Waals surface area contributed by atoms with Crippen LogP contribution in [0.5, 0.6) is 0 Å². The molecule has 8 heteroatoms. The third-order valence-corrected chi connectivity index (χ3v) is 5.30. The van der Waals surface area contributed by atoms with Crippen molar-refractivity contribution in [1.29, 1.82) is 0 Å². The van der Waals surface area contributed by atoms with E-state index in [0.717, 1.165) is 22.5 Å². The number of hydrogen-bond acceptors (Lipinski definition) is 5. The number of aromatic nitrogens is 2. The standard InChI is InChI=1S/C25H27N5O3/c1-3-33-24(31)21-14-26-25(32)27-22(21)17-29(2)15-19-16-30(20-12-8-5-9-13-20)28-23(19)18-10-6-4-7-11-18/h4-13,16H,3,14-15,17H2,1-2H3,(H2,26,27,32). The highest BCUT2D eigenvalue weighted by atomic mass is 16.5. The number of rotatable bonds is 8. The second-order valence-electron chi connectivity index (χ2n) is 7.81. The van der Waals surface area contributed by atoms with Gasteiger partial charge in [0.2, 0.25) is 0 Å². The highest BCUT2D eigenvalue weighted by Gasteiger charge is 2.25. The molecule has 33 heavy (non-hydrogen) atoms. The molecule has 170 valence electrons. The molecule has 0 atom stereocenters. The molecule has 1 aliphatic rings. The van der Waals surface area contributed by atoms with E-state index in [-0.39, 0.29) is 19.2 Å². The number of benzene rings is 2. The maximum Gasteiger partial charge on any atom is 0.337 e. The first-order chi connectivity index (χ1) is 16.0. The number of ether oxygens (including phenoxy) is 1. The van der Waals surface area contributed by atoms with Crippen molar-refractivity contribution in [1.82, 2.24) is 25.3 Å². The molecule has 0 saturated carbocycles. The Balaban J connectivity index is 1.61. The van der Waals surface area contributed by atoms with Crippen LogP contribution in [0.25, 0.3) is 16.9 Å². The SMILES string of the molecule is CCOC(=O)C1=C(CN(C)Cc2cn(-c3ccccc3)nc2-c2ccccc2)NC(=O)NC1. The van der Waals surface area contributed by atoms with Gasteiger partial charge in [0.1, 0.15) is 0 Å². The summed E-state index contributed by atoms with van der Waals surface area (Å²) in [5, 5.41) is 10.3. The van der Waals surface area contributed by atoms with Crippen molar-refractivity contribution < 1.29 is 14.3 Å². The van der Waals surface area contributed by atoms with Gasteiger partial charge in [0.05, 0.1) is 30.1 Å². The average Bonchev–Trinajstić information content (AvgIpc) is 3.24. The first kappa shape index (κ1) is 22.3. The van der Waals surface area contributed by atoms with Gasteiger partial charge in [-0.15, -0.1) is 0 Å². The molecule has 3 aromatic rings. The van der Waals surface area contributed by atoms with Crippen LogP contribution in [-0.2, 0) is 16.1 Å². The van der Waals surface area contributed by atoms with Crippen LogP contribution in [0.2, 0.25) is 0 Å². The monoisotopic (exact) mass is 445 g/mol. The number of hydrogen-bond donors (Lipinski definition) is 2. The highest BCUT2D eigenvalue weighted by Crippen LogP contribution is 2.25. The molecule has 0 unspecified atom stereocenters. The van der Waals surface area contributed by atoms with Crippen molar-refractivity contribution in [2.75, 3.05) is 26.7 Å². The molecule has 0 bridgehead atoms. The number of nitrogens with one attached hydrogen (secondary N) is 2. The molecule has 2 aromatic carbocycles. The van der Waals surface area contributed by atoms with E-state index in [1.54, 1.807) is 6.92 Å². The zero-order valence-corrected chi connectivity index (χ0v) is 18.7. The zero-order chi connectivity index (χ0) is 23.2. The smallest absolute Gasteiger partial charge is 0.337 e. The van der Waals surface area contributed by atoms with Gasteiger partial charge in [-0.3, -0.25) is 4.90 Å². The topological polar surface area (TPSA) is 88.5 Å². The quantitative estimate of drug-likeness (QED) is 0.520. The predicted octanol–water partition coefficient (Wildman–Crippen LogP) is 3.10. The summed E-state index contributed by atoms with van der Waals surface area (Å²) in [5.41, 5.74) is 4.91. The lowest BCUT2D eigenvalue weighted by Crippen LogP contribution is -2.46. The van der Waals surface area contributed by atoms with E-state index in [9.17, 15) is 9.59 Å². The Morgan fingerprint density at radius 2 is 1.79 bits per heavy atom. The van der Waals surface area contributed by atoms with Gasteiger partial charge in [0, 0.05) is 36.1 Å². The summed E-state index contributed by atoms with van der Waals surface area (Å²) in [7, 11) is 1.94. The molecule has 0 fully saturated rings. The Bertz CT molecular complexity index is 1160. The first-order valence-corrected chi connectivity index (χ1v) is 10.9. The Kier molecular flexibility index (Phi) is 6.85. The molecule has 8 nitrogen and oxygen atoms in total. The van der Waals surface area contributed by atoms with Gasteiger partial charge in [-0.05, 0) is 26.1 Å². The number of para-hydroxylation sites is 1. The van der Waals surface area contributed by atoms with E-state index >= 15 is 0 Å². The van der Waals surface area contributed by atoms with Gasteiger partial charge in [0.15, 0.2) is 0 Å². The van der Waals surface area contributed by atoms with Crippen LogP contribution in [0.15, 0.2) is 78.1 Å². The lowest BCUT2D eigenvalue weighted by atomic mass is 10.1. The second kappa shape index (κ2) is 10.1. The molecule has 0 radical (unpaired) electrons. The molecule has 2 heterocycles. The van der Waals surface area contributed by atoms with Crippen LogP contribution >= 0.6 is 0 Å². The largest absolute Gasteiger partial charge is 0.463 e. The maximum atomic E-state index is 12.4. The molecular formula is C25H27N5O3. The molecule has 2 N–H and O–H groups in total. The van der Waals surface area contributed by atoms with Crippen molar-refractivity contribution in [3.63, 3.8) is 0 Å². The van der Waals surface area contributed by atoms with Crippen molar-refractivity contribution >= 4 is 12.0 Å². The average molecular weight is 446 g/mol. The second-order valence-corrected chi connectivity index (χ2v) is 7.81. The Morgan fingerprint density at radius 3 is 2.48 bits per heavy atom. The number of amides is 2. The molecule has 1 aromatic heterocycles. The number of likely N-dealkylation sites (N-methyl/N-ethyl adjacent to an activating group) is 1. The lowest BCUT2D eigenvalue weighted by Gasteiger charge is -2.25. The van der Waals surface area contributed by atoms with Crippen LogP contribution in [0, 0.1) is 0 Å². The molecule has 2 amide bonds. The predicted molar refractivity (Wildman–Crippen MR) is 126 cm³/mol. The van der Waals surface area contributed by atoms with E-state index in [0.29, 0.717) is 24.4 Å². The van der Waals surface area contributed by atoms with Crippen molar-refractivity contribution in [2.45, 2.75) is 13.5 Å². The third kappa shape index (κ3) is 5.30. The van der Waals surface area contributed by atoms with Gasteiger partial charge >= 0.3 is 12.0 Å². The van der Waals surface area contributed by atoms with E-state index < -0.39 is 5.97 Å². The number of nitrogens with zero attached hydrogens (tertiary/aromatic N) is 3. The molecular weight excluding hydrogens is 418 g/mol. The minimum atomic E-state index is -0.421. The fraction of sp³-hybridized carbons (Fsp3) is 0.240. The van der Waals surface area contributed by atoms with E-state index in [1.807, 2.05) is 83.5 Å². The van der Waals surface area contributed by atoms with Crippen LogP contribution in [0.4, 0.5) is 4.79 Å². The number of esters is 1. The molecule has 4 rings (SSSR count). The Labute approximate surface area is 192 Å². The molecule has 0 saturated heterocycles. The maximum absolute atomic E-state index is 12.4. The zero-order valence-electron chi connectivity index (χ0n) is 18.7. The fourth-order valence-corrected chi connectivity index (χ4v) is 3.77. The highest BCUT2D eigenvalue weighted by molar-refractivity contribution is 5.93. The summed E-state index contributed by atoms with van der Waals surface area (Å²) >= 11 is 0. The number of urea groups is 1. The lowest BCUT2D eigenvalue weighted by molar-refractivity contribution is -0.138. The van der Waals surface area contributed by atoms with E-state index in [4.69, 9.17) is 9.84 Å². The van der Waals surface area contributed by atoms with Gasteiger partial charge in [-0.2, -0.15) is 5.10 Å². The summed E-state index contributed by atoms with van der Waals surface area (Å²) < 4.78 is 7.03. The van der Waals surface area contributed by atoms with Crippen molar-refractivity contribution in [2.24, 2.45) is 0 Å². The summed E-state index contributed by atoms with van der Waals surface area (Å²) in [5.74, 6) is -0.421. The van der Waals surface area contributed by atoms with Crippen molar-refractivity contribution in [3.05, 3.63) is 83.7 Å². The summed E-state index contributed by atoms with van der Waals surface area (Å²) in [6.45, 7) is 3.13. The molecule has 0 spiro atoms. The minimum absolute atomic E-state index is 0.148. The summed E-state index contributed by atoms with van der Waals surface area (Å²) in [6, 6.07) is 19.7. The van der Waals surface area contributed by atoms with Gasteiger partial charge in [-0.25, -0.2) is 14.3 Å². The summed E-state index contributed by atoms with van der Waals surface area (Å²) in [4.78, 5) is 26.3. The van der Waals surface area contributed by atoms with Crippen molar-refractivity contribution in [3.8, 4) is 16.9 Å². The minimum Gasteiger partial charge on any atom is -0.463 e. The Morgan fingerprint density at radius 1 is 1.09 bits per heavy atom. The van der Waals surface area contributed by atoms with Crippen LogP contribution < -0.4 is 10.6 Å². The van der Waals surface area contributed by atoms with Crippen LogP contribution in [0.1, 0.15) is 12.5 Å². The molecule has 0 aliphatic carbocycles. The number of carbonyl (C=O) groups excluding carboxylic acids is 2.